The SMILES string of the molecule is CC(C)(C)CCCCCCCCCC#Cc1c[nH]c2ncnc(Cl)c12. The van der Waals surface area contributed by atoms with Crippen molar-refractivity contribution in [3.8, 4) is 11.8 Å². The maximum atomic E-state index is 6.12. The van der Waals surface area contributed by atoms with Gasteiger partial charge in [0, 0.05) is 12.6 Å². The van der Waals surface area contributed by atoms with Gasteiger partial charge < -0.3 is 4.98 Å². The van der Waals surface area contributed by atoms with Crippen LogP contribution in [0, 0.1) is 17.3 Å². The van der Waals surface area contributed by atoms with Crippen LogP contribution in [-0.2, 0) is 0 Å². The molecule has 0 bridgehead atoms. The lowest BCUT2D eigenvalue weighted by molar-refractivity contribution is 0.356. The molecule has 0 aliphatic heterocycles. The molecule has 0 aliphatic carbocycles. The van der Waals surface area contributed by atoms with Crippen molar-refractivity contribution >= 4 is 22.6 Å². The molecule has 2 aromatic rings. The number of nitrogens with one attached hydrogen (secondary N) is 1. The van der Waals surface area contributed by atoms with Crippen LogP contribution >= 0.6 is 11.6 Å². The molecule has 4 heteroatoms. The van der Waals surface area contributed by atoms with Gasteiger partial charge in [-0.1, -0.05) is 82.7 Å². The molecule has 0 saturated heterocycles. The van der Waals surface area contributed by atoms with Crippen LogP contribution < -0.4 is 0 Å². The molecule has 0 saturated carbocycles. The van der Waals surface area contributed by atoms with Crippen LogP contribution in [0.25, 0.3) is 11.0 Å². The van der Waals surface area contributed by atoms with Gasteiger partial charge in [0.25, 0.3) is 0 Å². The Balaban J connectivity index is 1.59. The first-order chi connectivity index (χ1) is 12.0. The molecule has 25 heavy (non-hydrogen) atoms. The molecule has 2 aromatic heterocycles. The fourth-order valence-electron chi connectivity index (χ4n) is 2.93. The minimum absolute atomic E-state index is 0.460. The Bertz CT molecular complexity index is 716. The molecular formula is C21H30ClN3. The number of hydrogen-bond donors (Lipinski definition) is 1. The molecule has 0 amide bonds. The summed E-state index contributed by atoms with van der Waals surface area (Å²) in [6.45, 7) is 6.97. The quantitative estimate of drug-likeness (QED) is 0.331. The van der Waals surface area contributed by atoms with Crippen LogP contribution in [0.4, 0.5) is 0 Å². The average Bonchev–Trinajstić information content (AvgIpc) is 2.96. The lowest BCUT2D eigenvalue weighted by Crippen LogP contribution is -2.03. The van der Waals surface area contributed by atoms with E-state index in [1.807, 2.05) is 6.20 Å². The number of fused-ring (bicyclic) bond motifs is 1. The van der Waals surface area contributed by atoms with Crippen molar-refractivity contribution in [1.82, 2.24) is 15.0 Å². The number of rotatable bonds is 8. The zero-order chi connectivity index (χ0) is 18.1. The number of aromatic nitrogens is 3. The van der Waals surface area contributed by atoms with Gasteiger partial charge in [0.2, 0.25) is 0 Å². The van der Waals surface area contributed by atoms with E-state index in [1.165, 1.54) is 57.7 Å². The molecule has 136 valence electrons. The van der Waals surface area contributed by atoms with E-state index in [0.29, 0.717) is 10.6 Å². The zero-order valence-electron chi connectivity index (χ0n) is 15.8. The van der Waals surface area contributed by atoms with E-state index in [-0.39, 0.29) is 0 Å². The average molecular weight is 360 g/mol. The van der Waals surface area contributed by atoms with Gasteiger partial charge in [-0.3, -0.25) is 0 Å². The summed E-state index contributed by atoms with van der Waals surface area (Å²) in [5.41, 5.74) is 2.12. The van der Waals surface area contributed by atoms with Crippen molar-refractivity contribution in [1.29, 1.82) is 0 Å². The number of nitrogens with zero attached hydrogens (tertiary/aromatic N) is 2. The largest absolute Gasteiger partial charge is 0.345 e. The number of halogens is 1. The second-order valence-electron chi connectivity index (χ2n) is 7.93. The molecule has 1 N–H and O–H groups in total. The van der Waals surface area contributed by atoms with Gasteiger partial charge in [0.1, 0.15) is 17.1 Å². The van der Waals surface area contributed by atoms with E-state index < -0.39 is 0 Å². The number of hydrogen-bond acceptors (Lipinski definition) is 2. The van der Waals surface area contributed by atoms with Gasteiger partial charge in [0.15, 0.2) is 0 Å². The van der Waals surface area contributed by atoms with Gasteiger partial charge >= 0.3 is 0 Å². The van der Waals surface area contributed by atoms with Gasteiger partial charge in [-0.15, -0.1) is 0 Å². The maximum Gasteiger partial charge on any atom is 0.143 e. The van der Waals surface area contributed by atoms with E-state index in [2.05, 4.69) is 47.6 Å². The Morgan fingerprint density at radius 2 is 1.68 bits per heavy atom. The molecule has 2 heterocycles. The summed E-state index contributed by atoms with van der Waals surface area (Å²) in [7, 11) is 0. The molecule has 0 unspecified atom stereocenters. The lowest BCUT2D eigenvalue weighted by Gasteiger charge is -2.17. The topological polar surface area (TPSA) is 41.6 Å². The molecule has 2 rings (SSSR count). The standard InChI is InChI=1S/C21H30ClN3/c1-21(2,3)14-12-10-8-6-4-5-7-9-11-13-17-15-23-20-18(17)19(22)24-16-25-20/h15-16H,4-10,12,14H2,1-3H3,(H,23,24,25). The fraction of sp³-hybridized carbons (Fsp3) is 0.619. The summed E-state index contributed by atoms with van der Waals surface area (Å²) < 4.78 is 0. The van der Waals surface area contributed by atoms with Crippen molar-refractivity contribution in [2.45, 2.75) is 78.6 Å². The van der Waals surface area contributed by atoms with Crippen molar-refractivity contribution in [3.63, 3.8) is 0 Å². The van der Waals surface area contributed by atoms with E-state index in [0.717, 1.165) is 23.0 Å². The molecule has 0 radical (unpaired) electrons. The van der Waals surface area contributed by atoms with Gasteiger partial charge in [-0.05, 0) is 18.3 Å². The van der Waals surface area contributed by atoms with Crippen LogP contribution in [0.5, 0.6) is 0 Å². The highest BCUT2D eigenvalue weighted by atomic mass is 35.5. The minimum atomic E-state index is 0.460. The van der Waals surface area contributed by atoms with Crippen molar-refractivity contribution in [3.05, 3.63) is 23.2 Å². The highest BCUT2D eigenvalue weighted by Crippen LogP contribution is 2.23. The third-order valence-corrected chi connectivity index (χ3v) is 4.66. The van der Waals surface area contributed by atoms with Gasteiger partial charge in [-0.2, -0.15) is 0 Å². The summed E-state index contributed by atoms with van der Waals surface area (Å²) in [4.78, 5) is 11.3. The number of aromatic amines is 1. The van der Waals surface area contributed by atoms with E-state index in [9.17, 15) is 0 Å². The number of H-pyrrole nitrogens is 1. The molecule has 3 nitrogen and oxygen atoms in total. The Morgan fingerprint density at radius 1 is 1.00 bits per heavy atom. The Labute approximate surface area is 157 Å². The third-order valence-electron chi connectivity index (χ3n) is 4.38. The van der Waals surface area contributed by atoms with E-state index >= 15 is 0 Å². The first-order valence-electron chi connectivity index (χ1n) is 9.44. The summed E-state index contributed by atoms with van der Waals surface area (Å²) in [5, 5.41) is 1.29. The second kappa shape index (κ2) is 9.82. The summed E-state index contributed by atoms with van der Waals surface area (Å²) in [6.07, 6.45) is 14.8. The molecule has 0 spiro atoms. The first kappa shape index (κ1) is 19.8. The Hall–Kier alpha value is -1.53. The van der Waals surface area contributed by atoms with Crippen LogP contribution in [0.15, 0.2) is 12.5 Å². The molecular weight excluding hydrogens is 330 g/mol. The fourth-order valence-corrected chi connectivity index (χ4v) is 3.17. The Kier molecular flexibility index (Phi) is 7.78. The van der Waals surface area contributed by atoms with Crippen molar-refractivity contribution < 1.29 is 0 Å². The highest BCUT2D eigenvalue weighted by molar-refractivity contribution is 6.34. The molecule has 0 fully saturated rings. The summed E-state index contributed by atoms with van der Waals surface area (Å²) in [6, 6.07) is 0. The summed E-state index contributed by atoms with van der Waals surface area (Å²) in [5.74, 6) is 6.45. The summed E-state index contributed by atoms with van der Waals surface area (Å²) >= 11 is 6.12. The normalized spacial score (nSPS) is 11.5. The molecule has 0 aliphatic rings. The third kappa shape index (κ3) is 7.08. The van der Waals surface area contributed by atoms with E-state index in [1.54, 1.807) is 0 Å². The van der Waals surface area contributed by atoms with Gasteiger partial charge in [-0.25, -0.2) is 9.97 Å². The van der Waals surface area contributed by atoms with Crippen molar-refractivity contribution in [2.24, 2.45) is 5.41 Å². The van der Waals surface area contributed by atoms with Crippen LogP contribution in [-0.4, -0.2) is 15.0 Å². The first-order valence-corrected chi connectivity index (χ1v) is 9.82. The number of unbranched alkanes of at least 4 members (excludes halogenated alkanes) is 7. The zero-order valence-corrected chi connectivity index (χ0v) is 16.5. The highest BCUT2D eigenvalue weighted by Gasteiger charge is 2.08. The lowest BCUT2D eigenvalue weighted by atomic mass is 9.89. The smallest absolute Gasteiger partial charge is 0.143 e. The van der Waals surface area contributed by atoms with Crippen LogP contribution in [0.3, 0.4) is 0 Å². The Morgan fingerprint density at radius 3 is 2.40 bits per heavy atom. The van der Waals surface area contributed by atoms with Gasteiger partial charge in [0.05, 0.1) is 10.9 Å². The van der Waals surface area contributed by atoms with Crippen LogP contribution in [0.1, 0.15) is 84.1 Å². The minimum Gasteiger partial charge on any atom is -0.345 e. The molecule has 0 aromatic carbocycles. The molecule has 0 atom stereocenters. The predicted molar refractivity (Wildman–Crippen MR) is 107 cm³/mol. The second-order valence-corrected chi connectivity index (χ2v) is 8.29. The monoisotopic (exact) mass is 359 g/mol. The maximum absolute atomic E-state index is 6.12. The predicted octanol–water partition coefficient (Wildman–Crippen LogP) is 6.52. The van der Waals surface area contributed by atoms with Crippen LogP contribution in [0.2, 0.25) is 5.15 Å². The van der Waals surface area contributed by atoms with Crippen molar-refractivity contribution in [2.75, 3.05) is 0 Å². The van der Waals surface area contributed by atoms with E-state index in [4.69, 9.17) is 11.6 Å².